The zero-order chi connectivity index (χ0) is 12.1. The van der Waals surface area contributed by atoms with Crippen LogP contribution in [0.3, 0.4) is 0 Å². The maximum Gasteiger partial charge on any atom is 0.160 e. The molecule has 1 N–H and O–H groups in total. The molecule has 0 aromatic rings. The molecule has 0 aromatic heterocycles. The van der Waals surface area contributed by atoms with Gasteiger partial charge >= 0.3 is 0 Å². The number of aliphatic hydroxyl groups is 1. The predicted molar refractivity (Wildman–Crippen MR) is 67.6 cm³/mol. The molecule has 9 unspecified atom stereocenters. The summed E-state index contributed by atoms with van der Waals surface area (Å²) < 4.78 is 5.55. The Morgan fingerprint density at radius 3 is 2.78 bits per heavy atom. The molecule has 5 aliphatic rings. The molecule has 4 aliphatic carbocycles. The molecule has 2 nitrogen and oxygen atoms in total. The highest BCUT2D eigenvalue weighted by atomic mass is 16.6. The summed E-state index contributed by atoms with van der Waals surface area (Å²) in [4.78, 5) is 0. The van der Waals surface area contributed by atoms with Crippen LogP contribution in [0.25, 0.3) is 0 Å². The summed E-state index contributed by atoms with van der Waals surface area (Å²) >= 11 is 0. The first-order valence-electron chi connectivity index (χ1n) is 8.00. The van der Waals surface area contributed by atoms with Gasteiger partial charge < -0.3 is 9.84 Å². The van der Waals surface area contributed by atoms with Gasteiger partial charge in [-0.1, -0.05) is 6.92 Å². The van der Waals surface area contributed by atoms with Crippen molar-refractivity contribution < 1.29 is 9.84 Å². The van der Waals surface area contributed by atoms with Crippen LogP contribution in [0, 0.1) is 46.8 Å². The SMILES string of the molecule is CC1CC2CC1C1C2C2CC1C1(CCOC1O)C2. The molecule has 4 bridgehead atoms. The number of hydrogen-bond donors (Lipinski definition) is 1. The minimum atomic E-state index is -0.442. The van der Waals surface area contributed by atoms with Crippen LogP contribution in [0.1, 0.15) is 39.0 Å². The quantitative estimate of drug-likeness (QED) is 0.668. The van der Waals surface area contributed by atoms with E-state index >= 15 is 0 Å². The van der Waals surface area contributed by atoms with Crippen molar-refractivity contribution in [2.24, 2.45) is 46.8 Å². The maximum atomic E-state index is 10.3. The van der Waals surface area contributed by atoms with E-state index in [9.17, 15) is 5.11 Å². The molecule has 1 aliphatic heterocycles. The maximum absolute atomic E-state index is 10.3. The standard InChI is InChI=1S/C16H24O2/c1-8-4-9-5-11(8)14-12-6-10(13(9)14)7-16(12)2-3-18-15(16)17/h8-15,17H,2-7H2,1H3. The smallest absolute Gasteiger partial charge is 0.160 e. The number of fused-ring (bicyclic) bond motifs is 10. The Labute approximate surface area is 109 Å². The van der Waals surface area contributed by atoms with E-state index in [-0.39, 0.29) is 5.41 Å². The van der Waals surface area contributed by atoms with Gasteiger partial charge in [-0.2, -0.15) is 0 Å². The van der Waals surface area contributed by atoms with Crippen LogP contribution in [0.4, 0.5) is 0 Å². The summed E-state index contributed by atoms with van der Waals surface area (Å²) in [5.74, 6) is 6.69. The van der Waals surface area contributed by atoms with Crippen molar-refractivity contribution in [1.82, 2.24) is 0 Å². The minimum Gasteiger partial charge on any atom is -0.367 e. The molecule has 4 saturated carbocycles. The lowest BCUT2D eigenvalue weighted by Gasteiger charge is -2.46. The number of ether oxygens (including phenoxy) is 1. The highest BCUT2D eigenvalue weighted by molar-refractivity contribution is 5.17. The van der Waals surface area contributed by atoms with E-state index in [1.165, 1.54) is 25.7 Å². The van der Waals surface area contributed by atoms with Crippen molar-refractivity contribution in [3.63, 3.8) is 0 Å². The lowest BCUT2D eigenvalue weighted by atomic mass is 9.58. The molecule has 5 rings (SSSR count). The van der Waals surface area contributed by atoms with Gasteiger partial charge in [-0.15, -0.1) is 0 Å². The average Bonchev–Trinajstić information content (AvgIpc) is 3.05. The largest absolute Gasteiger partial charge is 0.367 e. The fourth-order valence-electron chi connectivity index (χ4n) is 7.39. The average molecular weight is 248 g/mol. The van der Waals surface area contributed by atoms with Crippen LogP contribution in [-0.2, 0) is 4.74 Å². The Balaban J connectivity index is 1.55. The molecule has 1 saturated heterocycles. The third kappa shape index (κ3) is 0.987. The van der Waals surface area contributed by atoms with E-state index < -0.39 is 6.29 Å². The van der Waals surface area contributed by atoms with Crippen molar-refractivity contribution in [2.75, 3.05) is 6.61 Å². The normalized spacial score (nSPS) is 68.3. The minimum absolute atomic E-state index is 0.177. The summed E-state index contributed by atoms with van der Waals surface area (Å²) in [6.07, 6.45) is 6.39. The molecule has 0 aromatic carbocycles. The molecule has 1 heterocycles. The second kappa shape index (κ2) is 3.15. The Hall–Kier alpha value is -0.0800. The molecular formula is C16H24O2. The molecule has 5 fully saturated rings. The zero-order valence-corrected chi connectivity index (χ0v) is 11.2. The van der Waals surface area contributed by atoms with E-state index in [2.05, 4.69) is 6.92 Å². The molecule has 0 radical (unpaired) electrons. The van der Waals surface area contributed by atoms with Gasteiger partial charge in [0.15, 0.2) is 6.29 Å². The fraction of sp³-hybridized carbons (Fsp3) is 1.00. The van der Waals surface area contributed by atoms with Crippen LogP contribution < -0.4 is 0 Å². The van der Waals surface area contributed by atoms with E-state index in [0.29, 0.717) is 0 Å². The van der Waals surface area contributed by atoms with Gasteiger partial charge in [-0.3, -0.25) is 0 Å². The summed E-state index contributed by atoms with van der Waals surface area (Å²) in [6, 6.07) is 0. The summed E-state index contributed by atoms with van der Waals surface area (Å²) in [5.41, 5.74) is 0.177. The Kier molecular flexibility index (Phi) is 1.87. The Morgan fingerprint density at radius 2 is 2.00 bits per heavy atom. The van der Waals surface area contributed by atoms with Crippen LogP contribution >= 0.6 is 0 Å². The first-order chi connectivity index (χ1) is 8.71. The van der Waals surface area contributed by atoms with Crippen molar-refractivity contribution in [3.8, 4) is 0 Å². The van der Waals surface area contributed by atoms with Crippen LogP contribution in [0.15, 0.2) is 0 Å². The van der Waals surface area contributed by atoms with Crippen LogP contribution in [0.5, 0.6) is 0 Å². The summed E-state index contributed by atoms with van der Waals surface area (Å²) in [6.45, 7) is 3.27. The Bertz CT molecular complexity index is 395. The van der Waals surface area contributed by atoms with Gasteiger partial charge in [-0.25, -0.2) is 0 Å². The summed E-state index contributed by atoms with van der Waals surface area (Å²) in [7, 11) is 0. The monoisotopic (exact) mass is 248 g/mol. The van der Waals surface area contributed by atoms with Crippen molar-refractivity contribution in [2.45, 2.75) is 45.3 Å². The fourth-order valence-corrected chi connectivity index (χ4v) is 7.39. The molecule has 9 atom stereocenters. The van der Waals surface area contributed by atoms with Gasteiger partial charge in [0.05, 0.1) is 6.61 Å². The predicted octanol–water partition coefficient (Wildman–Crippen LogP) is 2.66. The van der Waals surface area contributed by atoms with E-state index in [0.717, 1.165) is 54.5 Å². The van der Waals surface area contributed by atoms with Crippen molar-refractivity contribution >= 4 is 0 Å². The zero-order valence-electron chi connectivity index (χ0n) is 11.2. The van der Waals surface area contributed by atoms with E-state index in [1.807, 2.05) is 0 Å². The van der Waals surface area contributed by atoms with Crippen molar-refractivity contribution in [1.29, 1.82) is 0 Å². The van der Waals surface area contributed by atoms with Crippen LogP contribution in [0.2, 0.25) is 0 Å². The van der Waals surface area contributed by atoms with E-state index in [4.69, 9.17) is 4.74 Å². The van der Waals surface area contributed by atoms with Gasteiger partial charge in [-0.05, 0) is 73.5 Å². The van der Waals surface area contributed by atoms with Crippen LogP contribution in [-0.4, -0.2) is 18.0 Å². The number of rotatable bonds is 0. The molecule has 18 heavy (non-hydrogen) atoms. The van der Waals surface area contributed by atoms with Gasteiger partial charge in [0.1, 0.15) is 0 Å². The lowest BCUT2D eigenvalue weighted by molar-refractivity contribution is -0.150. The Morgan fingerprint density at radius 1 is 1.11 bits per heavy atom. The third-order valence-corrected chi connectivity index (χ3v) is 7.74. The number of hydrogen-bond acceptors (Lipinski definition) is 2. The molecule has 100 valence electrons. The van der Waals surface area contributed by atoms with E-state index in [1.54, 1.807) is 0 Å². The van der Waals surface area contributed by atoms with Crippen molar-refractivity contribution in [3.05, 3.63) is 0 Å². The third-order valence-electron chi connectivity index (χ3n) is 7.74. The second-order valence-corrected chi connectivity index (χ2v) is 8.04. The topological polar surface area (TPSA) is 29.5 Å². The molecule has 1 spiro atoms. The molecular weight excluding hydrogens is 224 g/mol. The summed E-state index contributed by atoms with van der Waals surface area (Å²) in [5, 5.41) is 10.3. The highest BCUT2D eigenvalue weighted by Crippen LogP contribution is 2.74. The van der Waals surface area contributed by atoms with Gasteiger partial charge in [0.25, 0.3) is 0 Å². The van der Waals surface area contributed by atoms with Gasteiger partial charge in [0.2, 0.25) is 0 Å². The molecule has 0 amide bonds. The van der Waals surface area contributed by atoms with Gasteiger partial charge in [0, 0.05) is 5.41 Å². The second-order valence-electron chi connectivity index (χ2n) is 8.04. The first-order valence-corrected chi connectivity index (χ1v) is 8.00. The highest BCUT2D eigenvalue weighted by Gasteiger charge is 2.70. The first kappa shape index (κ1) is 10.7. The number of aliphatic hydroxyl groups excluding tert-OH is 1. The molecule has 2 heteroatoms. The lowest BCUT2D eigenvalue weighted by Crippen LogP contribution is -2.45.